The van der Waals surface area contributed by atoms with Crippen LogP contribution in [-0.4, -0.2) is 33.6 Å². The molecule has 0 atom stereocenters. The predicted molar refractivity (Wildman–Crippen MR) is 113 cm³/mol. The summed E-state index contributed by atoms with van der Waals surface area (Å²) in [6.07, 6.45) is 3.47. The lowest BCUT2D eigenvalue weighted by molar-refractivity contribution is -0.127. The number of hydrogen-bond donors (Lipinski definition) is 0. The van der Waals surface area contributed by atoms with Gasteiger partial charge in [0.25, 0.3) is 0 Å². The highest BCUT2D eigenvalue weighted by Crippen LogP contribution is 2.40. The van der Waals surface area contributed by atoms with Crippen LogP contribution in [0.15, 0.2) is 29.3 Å². The van der Waals surface area contributed by atoms with Gasteiger partial charge in [0, 0.05) is 23.9 Å². The molecular weight excluding hydrogens is 374 g/mol. The van der Waals surface area contributed by atoms with Crippen molar-refractivity contribution in [2.45, 2.75) is 44.7 Å². The molecule has 0 bridgehead atoms. The maximum atomic E-state index is 12.7. The van der Waals surface area contributed by atoms with Gasteiger partial charge in [-0.15, -0.1) is 11.3 Å². The topological polar surface area (TPSA) is 46.1 Å². The van der Waals surface area contributed by atoms with Gasteiger partial charge in [-0.1, -0.05) is 36.0 Å². The van der Waals surface area contributed by atoms with E-state index in [1.165, 1.54) is 33.4 Å². The third-order valence-corrected chi connectivity index (χ3v) is 7.22. The minimum Gasteiger partial charge on any atom is -0.341 e. The largest absolute Gasteiger partial charge is 0.341 e. The molecule has 0 unspecified atom stereocenters. The maximum Gasteiger partial charge on any atom is 0.233 e. The van der Waals surface area contributed by atoms with Crippen molar-refractivity contribution in [3.63, 3.8) is 0 Å². The second kappa shape index (κ2) is 7.60. The maximum absolute atomic E-state index is 12.7. The van der Waals surface area contributed by atoms with E-state index >= 15 is 0 Å². The fourth-order valence-electron chi connectivity index (χ4n) is 3.54. The summed E-state index contributed by atoms with van der Waals surface area (Å²) in [4.78, 5) is 26.3. The van der Waals surface area contributed by atoms with Crippen molar-refractivity contribution in [2.24, 2.45) is 0 Å². The number of amides is 1. The molecule has 2 heterocycles. The van der Waals surface area contributed by atoms with Gasteiger partial charge in [-0.2, -0.15) is 0 Å². The monoisotopic (exact) mass is 397 g/mol. The highest BCUT2D eigenvalue weighted by molar-refractivity contribution is 8.00. The van der Waals surface area contributed by atoms with Crippen LogP contribution >= 0.6 is 23.1 Å². The standard InChI is InChI=1S/C21H23N3OS2/c1-13-7-4-5-8-15(13)11-24(3)18(25)12-26-20-19-16-9-6-10-17(16)27-21(19)23-14(2)22-20/h4-5,7-8H,6,9-12H2,1-3H3. The first-order valence-electron chi connectivity index (χ1n) is 9.23. The Morgan fingerprint density at radius 3 is 2.85 bits per heavy atom. The van der Waals surface area contributed by atoms with Crippen LogP contribution in [0, 0.1) is 13.8 Å². The number of thiophene rings is 1. The average molecular weight is 398 g/mol. The second-order valence-electron chi connectivity index (χ2n) is 7.08. The molecule has 0 spiro atoms. The summed E-state index contributed by atoms with van der Waals surface area (Å²) in [5, 5.41) is 2.16. The minimum atomic E-state index is 0.125. The van der Waals surface area contributed by atoms with Crippen LogP contribution in [0.25, 0.3) is 10.2 Å². The number of carbonyl (C=O) groups is 1. The SMILES string of the molecule is Cc1nc(SCC(=O)N(C)Cc2ccccc2C)c2c3c(sc2n1)CCC3. The Kier molecular flexibility index (Phi) is 5.19. The lowest BCUT2D eigenvalue weighted by atomic mass is 10.1. The number of thioether (sulfide) groups is 1. The Morgan fingerprint density at radius 1 is 1.22 bits per heavy atom. The highest BCUT2D eigenvalue weighted by atomic mass is 32.2. The number of fused-ring (bicyclic) bond motifs is 3. The van der Waals surface area contributed by atoms with Gasteiger partial charge in [0.2, 0.25) is 5.91 Å². The van der Waals surface area contributed by atoms with E-state index in [1.807, 2.05) is 26.1 Å². The Labute approximate surface area is 168 Å². The Hall–Kier alpha value is -1.92. The van der Waals surface area contributed by atoms with Crippen LogP contribution in [0.1, 0.15) is 33.8 Å². The Bertz CT molecular complexity index is 1010. The number of nitrogens with zero attached hydrogens (tertiary/aromatic N) is 3. The molecule has 0 saturated heterocycles. The third-order valence-electron chi connectivity index (χ3n) is 5.07. The van der Waals surface area contributed by atoms with Crippen molar-refractivity contribution in [1.82, 2.24) is 14.9 Å². The van der Waals surface area contributed by atoms with Crippen molar-refractivity contribution < 1.29 is 4.79 Å². The molecule has 2 aromatic heterocycles. The third kappa shape index (κ3) is 3.73. The van der Waals surface area contributed by atoms with Gasteiger partial charge in [-0.05, 0) is 49.8 Å². The fraction of sp³-hybridized carbons (Fsp3) is 0.381. The zero-order valence-corrected chi connectivity index (χ0v) is 17.5. The molecule has 1 aromatic carbocycles. The molecule has 0 fully saturated rings. The summed E-state index contributed by atoms with van der Waals surface area (Å²) in [6.45, 7) is 4.65. The van der Waals surface area contributed by atoms with Gasteiger partial charge < -0.3 is 4.90 Å². The van der Waals surface area contributed by atoms with E-state index in [1.54, 1.807) is 28.0 Å². The van der Waals surface area contributed by atoms with Crippen molar-refractivity contribution >= 4 is 39.2 Å². The molecule has 0 radical (unpaired) electrons. The van der Waals surface area contributed by atoms with Crippen LogP contribution in [0.5, 0.6) is 0 Å². The lowest BCUT2D eigenvalue weighted by Gasteiger charge is -2.18. The number of benzene rings is 1. The van der Waals surface area contributed by atoms with Crippen LogP contribution < -0.4 is 0 Å². The molecule has 6 heteroatoms. The summed E-state index contributed by atoms with van der Waals surface area (Å²) < 4.78 is 0. The molecule has 4 nitrogen and oxygen atoms in total. The van der Waals surface area contributed by atoms with Crippen LogP contribution in [0.3, 0.4) is 0 Å². The minimum absolute atomic E-state index is 0.125. The Morgan fingerprint density at radius 2 is 2.04 bits per heavy atom. The summed E-state index contributed by atoms with van der Waals surface area (Å²) in [6, 6.07) is 8.21. The quantitative estimate of drug-likeness (QED) is 0.468. The second-order valence-corrected chi connectivity index (χ2v) is 9.13. The molecule has 1 aliphatic rings. The molecule has 0 aliphatic heterocycles. The van der Waals surface area contributed by atoms with Crippen molar-refractivity contribution in [2.75, 3.05) is 12.8 Å². The number of rotatable bonds is 5. The first-order valence-corrected chi connectivity index (χ1v) is 11.0. The van der Waals surface area contributed by atoms with E-state index in [2.05, 4.69) is 29.0 Å². The van der Waals surface area contributed by atoms with Gasteiger partial charge in [0.1, 0.15) is 15.7 Å². The summed E-state index contributed by atoms with van der Waals surface area (Å²) >= 11 is 3.35. The summed E-state index contributed by atoms with van der Waals surface area (Å²) in [7, 11) is 1.87. The number of aromatic nitrogens is 2. The first kappa shape index (κ1) is 18.4. The van der Waals surface area contributed by atoms with Gasteiger partial charge >= 0.3 is 0 Å². The lowest BCUT2D eigenvalue weighted by Crippen LogP contribution is -2.28. The zero-order valence-electron chi connectivity index (χ0n) is 15.9. The molecule has 27 heavy (non-hydrogen) atoms. The van der Waals surface area contributed by atoms with E-state index < -0.39 is 0 Å². The van der Waals surface area contributed by atoms with Gasteiger partial charge in [0.05, 0.1) is 5.75 Å². The first-order chi connectivity index (χ1) is 13.0. The number of carbonyl (C=O) groups excluding carboxylic acids is 1. The normalized spacial score (nSPS) is 13.1. The molecule has 4 rings (SSSR count). The molecule has 0 N–H and O–H groups in total. The predicted octanol–water partition coefficient (Wildman–Crippen LogP) is 4.55. The van der Waals surface area contributed by atoms with Gasteiger partial charge in [-0.25, -0.2) is 9.97 Å². The summed E-state index contributed by atoms with van der Waals surface area (Å²) in [5.41, 5.74) is 3.82. The van der Waals surface area contributed by atoms with Crippen LogP contribution in [0.4, 0.5) is 0 Å². The van der Waals surface area contributed by atoms with E-state index in [4.69, 9.17) is 0 Å². The van der Waals surface area contributed by atoms with Crippen molar-refractivity contribution in [3.05, 3.63) is 51.7 Å². The molecule has 1 amide bonds. The average Bonchev–Trinajstić information content (AvgIpc) is 3.21. The van der Waals surface area contributed by atoms with Gasteiger partial charge in [0.15, 0.2) is 0 Å². The number of aryl methyl sites for hydroxylation is 4. The fourth-order valence-corrected chi connectivity index (χ4v) is 5.95. The van der Waals surface area contributed by atoms with Crippen molar-refractivity contribution in [1.29, 1.82) is 0 Å². The van der Waals surface area contributed by atoms with E-state index in [0.29, 0.717) is 12.3 Å². The molecule has 3 aromatic rings. The summed E-state index contributed by atoms with van der Waals surface area (Å²) in [5.74, 6) is 1.31. The molecule has 0 saturated carbocycles. The zero-order chi connectivity index (χ0) is 19.0. The highest BCUT2D eigenvalue weighted by Gasteiger charge is 2.22. The van der Waals surface area contributed by atoms with E-state index in [9.17, 15) is 4.79 Å². The molecule has 140 valence electrons. The van der Waals surface area contributed by atoms with E-state index in [0.717, 1.165) is 28.5 Å². The molecule has 1 aliphatic carbocycles. The van der Waals surface area contributed by atoms with E-state index in [-0.39, 0.29) is 5.91 Å². The smallest absolute Gasteiger partial charge is 0.233 e. The van der Waals surface area contributed by atoms with Crippen molar-refractivity contribution in [3.8, 4) is 0 Å². The Balaban J connectivity index is 1.50. The molecular formula is C21H23N3OS2. The van der Waals surface area contributed by atoms with Crippen LogP contribution in [0.2, 0.25) is 0 Å². The number of hydrogen-bond acceptors (Lipinski definition) is 5. The van der Waals surface area contributed by atoms with Gasteiger partial charge in [-0.3, -0.25) is 4.79 Å². The van der Waals surface area contributed by atoms with Crippen LogP contribution in [-0.2, 0) is 24.2 Å².